The van der Waals surface area contributed by atoms with Crippen molar-refractivity contribution in [1.82, 2.24) is 19.7 Å². The number of thioether (sulfide) groups is 1. The lowest BCUT2D eigenvalue weighted by molar-refractivity contribution is -0.113. The average molecular weight is 506 g/mol. The molecule has 0 aliphatic carbocycles. The van der Waals surface area contributed by atoms with Crippen LogP contribution in [-0.4, -0.2) is 31.4 Å². The van der Waals surface area contributed by atoms with Crippen LogP contribution in [0.1, 0.15) is 16.0 Å². The lowest BCUT2D eigenvalue weighted by atomic mass is 10.1. The molecule has 0 unspecified atom stereocenters. The summed E-state index contributed by atoms with van der Waals surface area (Å²) in [5.74, 6) is 0.823. The third kappa shape index (κ3) is 5.50. The Morgan fingerprint density at radius 1 is 1.14 bits per heavy atom. The molecule has 5 aromatic rings. The molecular formula is C25H20FN5O2S2. The summed E-state index contributed by atoms with van der Waals surface area (Å²) in [6.07, 6.45) is 3.93. The number of nitrogens with zero attached hydrogens (tertiary/aromatic N) is 4. The Balaban J connectivity index is 1.27. The van der Waals surface area contributed by atoms with Gasteiger partial charge in [-0.25, -0.2) is 9.37 Å². The Labute approximate surface area is 209 Å². The predicted octanol–water partition coefficient (Wildman–Crippen LogP) is 5.75. The molecule has 0 aliphatic rings. The van der Waals surface area contributed by atoms with Gasteiger partial charge in [0.1, 0.15) is 5.82 Å². The summed E-state index contributed by atoms with van der Waals surface area (Å²) in [5, 5.41) is 12.6. The largest absolute Gasteiger partial charge is 0.461 e. The van der Waals surface area contributed by atoms with Crippen molar-refractivity contribution >= 4 is 34.1 Å². The van der Waals surface area contributed by atoms with Crippen molar-refractivity contribution in [2.45, 2.75) is 18.5 Å². The fraction of sp³-hybridized carbons (Fsp3) is 0.120. The van der Waals surface area contributed by atoms with Crippen LogP contribution < -0.4 is 5.32 Å². The van der Waals surface area contributed by atoms with E-state index in [2.05, 4.69) is 20.5 Å². The molecular weight excluding hydrogens is 485 g/mol. The molecule has 7 nitrogen and oxygen atoms in total. The molecule has 0 atom stereocenters. The molecule has 0 fully saturated rings. The van der Waals surface area contributed by atoms with Crippen LogP contribution in [0.2, 0.25) is 0 Å². The molecule has 1 N–H and O–H groups in total. The molecule has 10 heteroatoms. The van der Waals surface area contributed by atoms with Crippen LogP contribution in [0.3, 0.4) is 0 Å². The van der Waals surface area contributed by atoms with Gasteiger partial charge in [0.25, 0.3) is 0 Å². The maximum atomic E-state index is 13.1. The number of hydrogen-bond donors (Lipinski definition) is 1. The first-order valence-corrected chi connectivity index (χ1v) is 12.5. The fourth-order valence-corrected chi connectivity index (χ4v) is 5.08. The number of benzene rings is 2. The molecule has 0 saturated carbocycles. The molecule has 0 bridgehead atoms. The molecule has 3 heterocycles. The minimum absolute atomic E-state index is 0.134. The number of thiazole rings is 1. The smallest absolute Gasteiger partial charge is 0.236 e. The van der Waals surface area contributed by atoms with Crippen molar-refractivity contribution in [3.05, 3.63) is 94.9 Å². The second-order valence-corrected chi connectivity index (χ2v) is 9.79. The minimum Gasteiger partial charge on any atom is -0.461 e. The van der Waals surface area contributed by atoms with Gasteiger partial charge in [-0.15, -0.1) is 21.5 Å². The quantitative estimate of drug-likeness (QED) is 0.270. The highest BCUT2D eigenvalue weighted by atomic mass is 32.2. The highest BCUT2D eigenvalue weighted by Crippen LogP contribution is 2.29. The van der Waals surface area contributed by atoms with Crippen molar-refractivity contribution in [3.63, 3.8) is 0 Å². The summed E-state index contributed by atoms with van der Waals surface area (Å²) in [4.78, 5) is 17.9. The molecule has 0 spiro atoms. The van der Waals surface area contributed by atoms with E-state index in [1.54, 1.807) is 30.7 Å². The van der Waals surface area contributed by atoms with Gasteiger partial charge in [0, 0.05) is 17.5 Å². The SMILES string of the molecule is Cc1cccc(-n2c(SCC(=O)Nc3ncc(Cc4ccc(F)cc4)s3)nnc2-c2ccco2)c1. The second kappa shape index (κ2) is 10.2. The highest BCUT2D eigenvalue weighted by molar-refractivity contribution is 7.99. The van der Waals surface area contributed by atoms with Crippen molar-refractivity contribution in [2.24, 2.45) is 0 Å². The van der Waals surface area contributed by atoms with Gasteiger partial charge in [-0.05, 0) is 54.4 Å². The molecule has 0 aliphatic heterocycles. The Hall–Kier alpha value is -3.76. The maximum Gasteiger partial charge on any atom is 0.236 e. The molecule has 176 valence electrons. The number of halogens is 1. The van der Waals surface area contributed by atoms with Crippen LogP contribution in [0.5, 0.6) is 0 Å². The lowest BCUT2D eigenvalue weighted by Gasteiger charge is -2.10. The molecule has 2 aromatic carbocycles. The van der Waals surface area contributed by atoms with Crippen LogP contribution >= 0.6 is 23.1 Å². The minimum atomic E-state index is -0.266. The molecule has 3 aromatic heterocycles. The summed E-state index contributed by atoms with van der Waals surface area (Å²) < 4.78 is 20.5. The van der Waals surface area contributed by atoms with Crippen molar-refractivity contribution in [1.29, 1.82) is 0 Å². The predicted molar refractivity (Wildman–Crippen MR) is 134 cm³/mol. The number of hydrogen-bond acceptors (Lipinski definition) is 7. The summed E-state index contributed by atoms with van der Waals surface area (Å²) in [5.41, 5.74) is 2.96. The monoisotopic (exact) mass is 505 g/mol. The van der Waals surface area contributed by atoms with Gasteiger partial charge in [0.2, 0.25) is 11.7 Å². The van der Waals surface area contributed by atoms with Gasteiger partial charge in [0.05, 0.1) is 17.7 Å². The number of anilines is 1. The topological polar surface area (TPSA) is 85.8 Å². The van der Waals surface area contributed by atoms with Crippen molar-refractivity contribution in [3.8, 4) is 17.3 Å². The normalized spacial score (nSPS) is 11.0. The van der Waals surface area contributed by atoms with E-state index in [-0.39, 0.29) is 17.5 Å². The lowest BCUT2D eigenvalue weighted by Crippen LogP contribution is -2.14. The van der Waals surface area contributed by atoms with E-state index in [1.165, 1.54) is 35.2 Å². The first kappa shape index (κ1) is 23.0. The third-order valence-electron chi connectivity index (χ3n) is 5.06. The number of amides is 1. The van der Waals surface area contributed by atoms with Gasteiger partial charge in [-0.1, -0.05) is 36.0 Å². The van der Waals surface area contributed by atoms with Gasteiger partial charge in [-0.2, -0.15) is 0 Å². The molecule has 1 amide bonds. The van der Waals surface area contributed by atoms with E-state index in [4.69, 9.17) is 4.42 Å². The fourth-order valence-electron chi connectivity index (χ4n) is 3.46. The van der Waals surface area contributed by atoms with Crippen LogP contribution in [-0.2, 0) is 11.2 Å². The number of carbonyl (C=O) groups is 1. The highest BCUT2D eigenvalue weighted by Gasteiger charge is 2.19. The number of aryl methyl sites for hydroxylation is 1. The van der Waals surface area contributed by atoms with E-state index in [0.29, 0.717) is 28.3 Å². The van der Waals surface area contributed by atoms with E-state index >= 15 is 0 Å². The summed E-state index contributed by atoms with van der Waals surface area (Å²) in [6.45, 7) is 2.01. The van der Waals surface area contributed by atoms with Crippen LogP contribution in [0.4, 0.5) is 9.52 Å². The average Bonchev–Trinajstić information content (AvgIpc) is 3.60. The van der Waals surface area contributed by atoms with E-state index < -0.39 is 0 Å². The summed E-state index contributed by atoms with van der Waals surface area (Å²) in [7, 11) is 0. The standard InChI is InChI=1S/C25H20FN5O2S2/c1-16-4-2-5-19(12-16)31-23(21-6-3-11-33-21)29-30-25(31)34-15-22(32)28-24-27-14-20(35-24)13-17-7-9-18(26)10-8-17/h2-12,14H,13,15H2,1H3,(H,27,28,32). The third-order valence-corrected chi connectivity index (χ3v) is 6.90. The second-order valence-electron chi connectivity index (χ2n) is 7.73. The molecule has 0 saturated heterocycles. The summed E-state index contributed by atoms with van der Waals surface area (Å²) in [6, 6.07) is 17.9. The van der Waals surface area contributed by atoms with Crippen molar-refractivity contribution < 1.29 is 13.6 Å². The Morgan fingerprint density at radius 3 is 2.77 bits per heavy atom. The van der Waals surface area contributed by atoms with Crippen LogP contribution in [0, 0.1) is 12.7 Å². The van der Waals surface area contributed by atoms with E-state index in [0.717, 1.165) is 21.7 Å². The zero-order valence-corrected chi connectivity index (χ0v) is 20.3. The van der Waals surface area contributed by atoms with Gasteiger partial charge >= 0.3 is 0 Å². The summed E-state index contributed by atoms with van der Waals surface area (Å²) >= 11 is 2.68. The Bertz CT molecular complexity index is 1450. The van der Waals surface area contributed by atoms with Crippen LogP contribution in [0.15, 0.2) is 82.7 Å². The van der Waals surface area contributed by atoms with E-state index in [1.807, 2.05) is 41.8 Å². The van der Waals surface area contributed by atoms with Gasteiger partial charge in [-0.3, -0.25) is 9.36 Å². The number of carbonyl (C=O) groups excluding carboxylic acids is 1. The number of rotatable bonds is 8. The Morgan fingerprint density at radius 2 is 2.00 bits per heavy atom. The Kier molecular flexibility index (Phi) is 6.73. The molecule has 5 rings (SSSR count). The zero-order chi connectivity index (χ0) is 24.2. The molecule has 0 radical (unpaired) electrons. The number of aromatic nitrogens is 4. The first-order chi connectivity index (χ1) is 17.0. The van der Waals surface area contributed by atoms with Gasteiger partial charge < -0.3 is 9.73 Å². The van der Waals surface area contributed by atoms with Crippen molar-refractivity contribution in [2.75, 3.05) is 11.1 Å². The molecule has 35 heavy (non-hydrogen) atoms. The van der Waals surface area contributed by atoms with Crippen LogP contribution in [0.25, 0.3) is 17.3 Å². The number of nitrogens with one attached hydrogen (secondary N) is 1. The maximum absolute atomic E-state index is 13.1. The number of furan rings is 1. The van der Waals surface area contributed by atoms with Gasteiger partial charge in [0.15, 0.2) is 16.0 Å². The zero-order valence-electron chi connectivity index (χ0n) is 18.6. The van der Waals surface area contributed by atoms with E-state index in [9.17, 15) is 9.18 Å². The first-order valence-electron chi connectivity index (χ1n) is 10.7.